The van der Waals surface area contributed by atoms with Crippen molar-refractivity contribution in [3.05, 3.63) is 72.1 Å². The molecule has 20 heteroatoms. The molecule has 6 saturated heterocycles. The molecule has 4 aromatic rings. The Bertz CT molecular complexity index is 2660. The number of anilines is 1. The number of likely N-dealkylation sites (tertiary alicyclic amines) is 3. The topological polar surface area (TPSA) is 164 Å². The van der Waals surface area contributed by atoms with E-state index in [0.29, 0.717) is 16.1 Å². The summed E-state index contributed by atoms with van der Waals surface area (Å²) in [6, 6.07) is 7.14. The summed E-state index contributed by atoms with van der Waals surface area (Å²) in [5.41, 5.74) is 10.9. The highest BCUT2D eigenvalue weighted by Gasteiger charge is 2.38. The summed E-state index contributed by atoms with van der Waals surface area (Å²) in [6.45, 7) is 33.5. The molecule has 2 amide bonds. The number of carbonyl (C=O) groups is 2. The van der Waals surface area contributed by atoms with E-state index < -0.39 is 5.60 Å². The maximum absolute atomic E-state index is 12.1. The van der Waals surface area contributed by atoms with Gasteiger partial charge in [-0.15, -0.1) is 28.3 Å². The van der Waals surface area contributed by atoms with Crippen molar-refractivity contribution in [3.63, 3.8) is 0 Å². The van der Waals surface area contributed by atoms with Gasteiger partial charge in [0, 0.05) is 88.1 Å². The second-order valence-electron chi connectivity index (χ2n) is 28.0. The third-order valence-corrected chi connectivity index (χ3v) is 20.5. The number of nitrogens with two attached hydrogens (primary N) is 1. The summed E-state index contributed by atoms with van der Waals surface area (Å²) in [6.07, 6.45) is 27.3. The number of thiazole rings is 1. The van der Waals surface area contributed by atoms with Gasteiger partial charge in [-0.2, -0.15) is 0 Å². The average Bonchev–Trinajstić information content (AvgIpc) is 2.15. The van der Waals surface area contributed by atoms with Gasteiger partial charge in [0.05, 0.1) is 5.69 Å². The molecule has 6 fully saturated rings. The minimum Gasteiger partial charge on any atom is -0.444 e. The fraction of sp³-hybridized carbons (Fsp3) is 0.708. The van der Waals surface area contributed by atoms with E-state index in [1.165, 1.54) is 99.4 Å². The lowest BCUT2D eigenvalue weighted by molar-refractivity contribution is 0.0137. The smallest absolute Gasteiger partial charge is 0.410 e. The van der Waals surface area contributed by atoms with Crippen molar-refractivity contribution in [2.24, 2.45) is 41.2 Å². The summed E-state index contributed by atoms with van der Waals surface area (Å²) >= 11 is 12.0. The number of aromatic nitrogens is 5. The van der Waals surface area contributed by atoms with Gasteiger partial charge in [-0.25, -0.2) is 24.5 Å². The molecule has 472 valence electrons. The van der Waals surface area contributed by atoms with Crippen LogP contribution in [-0.4, -0.2) is 151 Å². The summed E-state index contributed by atoms with van der Waals surface area (Å²) in [7, 11) is 0. The number of benzene rings is 1. The summed E-state index contributed by atoms with van der Waals surface area (Å²) < 4.78 is 14.4. The van der Waals surface area contributed by atoms with Crippen LogP contribution in [0.4, 0.5) is 14.7 Å². The predicted octanol–water partition coefficient (Wildman–Crippen LogP) is 12.9. The molecule has 4 N–H and O–H groups in total. The number of nitrogens with zero attached hydrogens (tertiary/aromatic N) is 9. The van der Waals surface area contributed by atoms with Gasteiger partial charge < -0.3 is 45.4 Å². The fourth-order valence-electron chi connectivity index (χ4n) is 13.7. The molecule has 0 atom stereocenters. The number of amides is 2. The lowest BCUT2D eigenvalue weighted by atomic mass is 9.63. The van der Waals surface area contributed by atoms with Gasteiger partial charge in [-0.3, -0.25) is 9.13 Å². The standard InChI is InChI=1S/C27H39N3S.C16H29N3O2S.C15H28N2O2.C7H6N4S.BrH/c1-26(2)11-12-27(3,4)23-17-21(5-6-22(23)26)24-18-31-25(29-24)30-15-9-20(10-16-30)19-7-13-28-14-8-19;1-16(2,3)21-15(20)19-10-6-13(7-11-19)12-4-8-18(9-5-12)14(17)22;1-15(2,3)19-14(18)17-10-6-13(7-11-17)12-4-8-16-9-5-12;12-7(10-3-1-8-5-10)11-4-2-9-6-11;/h5-6,17-20,28H,7-16H2,1-4H3;12-13H,4-11H2,1-3H3,(H2,17,22);12-13,16H,4-11H2,1-3H3;1-6H;1H. The number of hydrogen-bond donors (Lipinski definition) is 3. The molecular weight excluding hydrogens is 1190 g/mol. The van der Waals surface area contributed by atoms with Crippen LogP contribution in [0.1, 0.15) is 170 Å². The molecule has 0 saturated carbocycles. The van der Waals surface area contributed by atoms with E-state index in [1.807, 2.05) is 62.7 Å². The highest BCUT2D eigenvalue weighted by atomic mass is 79.9. The number of rotatable bonds is 5. The van der Waals surface area contributed by atoms with E-state index in [9.17, 15) is 9.59 Å². The monoisotopic (exact) mass is 1290 g/mol. The molecular formula is C65H103BrN12O4S3. The van der Waals surface area contributed by atoms with Crippen LogP contribution in [0, 0.1) is 35.5 Å². The first kappa shape index (κ1) is 68.3. The van der Waals surface area contributed by atoms with Crippen molar-refractivity contribution in [3.8, 4) is 11.3 Å². The summed E-state index contributed by atoms with van der Waals surface area (Å²) in [5, 5.41) is 11.6. The molecule has 0 unspecified atom stereocenters. The Kier molecular flexibility index (Phi) is 24.8. The number of thiocarbonyl (C=S) groups is 2. The quantitative estimate of drug-likeness (QED) is 0.162. The van der Waals surface area contributed by atoms with Crippen molar-refractivity contribution in [1.29, 1.82) is 0 Å². The normalized spacial score (nSPS) is 21.1. The lowest BCUT2D eigenvalue weighted by Crippen LogP contribution is -2.46. The maximum Gasteiger partial charge on any atom is 0.410 e. The largest absolute Gasteiger partial charge is 0.444 e. The Balaban J connectivity index is 0.000000170. The minimum atomic E-state index is -0.415. The van der Waals surface area contributed by atoms with E-state index in [2.05, 4.69) is 81.7 Å². The Morgan fingerprint density at radius 1 is 0.588 bits per heavy atom. The molecule has 9 heterocycles. The second-order valence-corrected chi connectivity index (χ2v) is 29.7. The Morgan fingerprint density at radius 3 is 1.36 bits per heavy atom. The van der Waals surface area contributed by atoms with Crippen molar-refractivity contribution < 1.29 is 19.1 Å². The highest BCUT2D eigenvalue weighted by Crippen LogP contribution is 2.47. The van der Waals surface area contributed by atoms with Gasteiger partial charge in [0.2, 0.25) is 0 Å². The Morgan fingerprint density at radius 2 is 0.976 bits per heavy atom. The number of halogens is 1. The number of imidazole rings is 2. The SMILES string of the molecule is Br.CC(C)(C)OC(=O)N1CCC(C2CCN(C(N)=S)CC2)CC1.CC(C)(C)OC(=O)N1CCC(C2CCNCC2)CC1.CC1(C)CCC(C)(C)c2cc(-c3csc(N4CCC(C5CCNCC5)CC4)n3)ccc21.S=C(n1ccnc1)n1ccnc1. The highest BCUT2D eigenvalue weighted by molar-refractivity contribution is 8.93. The molecule has 7 aliphatic rings. The van der Waals surface area contributed by atoms with Crippen LogP contribution < -0.4 is 21.3 Å². The minimum absolute atomic E-state index is 0. The molecule has 1 aliphatic carbocycles. The van der Waals surface area contributed by atoms with E-state index in [4.69, 9.17) is 44.6 Å². The summed E-state index contributed by atoms with van der Waals surface area (Å²) in [5.74, 6) is 4.99. The van der Waals surface area contributed by atoms with E-state index in [-0.39, 0.29) is 45.6 Å². The molecule has 1 aromatic carbocycles. The van der Waals surface area contributed by atoms with Gasteiger partial charge in [0.1, 0.15) is 23.9 Å². The zero-order valence-corrected chi connectivity index (χ0v) is 57.2. The van der Waals surface area contributed by atoms with Crippen molar-refractivity contribution in [1.82, 2.24) is 49.4 Å². The van der Waals surface area contributed by atoms with Crippen LogP contribution in [-0.2, 0) is 20.3 Å². The zero-order valence-electron chi connectivity index (χ0n) is 53.0. The van der Waals surface area contributed by atoms with Crippen LogP contribution >= 0.6 is 52.8 Å². The molecule has 0 spiro atoms. The van der Waals surface area contributed by atoms with Crippen LogP contribution in [0.5, 0.6) is 0 Å². The van der Waals surface area contributed by atoms with Gasteiger partial charge >= 0.3 is 12.2 Å². The zero-order chi connectivity index (χ0) is 60.2. The molecule has 6 aliphatic heterocycles. The number of hydrogen-bond acceptors (Lipinski definition) is 13. The number of carbonyl (C=O) groups excluding carboxylic acids is 2. The van der Waals surface area contributed by atoms with Gasteiger partial charge in [-0.1, -0.05) is 39.8 Å². The van der Waals surface area contributed by atoms with Crippen LogP contribution in [0.2, 0.25) is 0 Å². The van der Waals surface area contributed by atoms with E-state index >= 15 is 0 Å². The number of nitrogens with one attached hydrogen (secondary N) is 2. The van der Waals surface area contributed by atoms with Crippen molar-refractivity contribution >= 4 is 80.3 Å². The Labute approximate surface area is 534 Å². The molecule has 11 rings (SSSR count). The predicted molar refractivity (Wildman–Crippen MR) is 359 cm³/mol. The first-order valence-corrected chi connectivity index (χ1v) is 33.4. The van der Waals surface area contributed by atoms with E-state index in [0.717, 1.165) is 126 Å². The summed E-state index contributed by atoms with van der Waals surface area (Å²) in [4.78, 5) is 45.3. The number of fused-ring (bicyclic) bond motifs is 1. The average molecular weight is 1290 g/mol. The molecule has 85 heavy (non-hydrogen) atoms. The third-order valence-electron chi connectivity index (χ3n) is 18.9. The van der Waals surface area contributed by atoms with Gasteiger partial charge in [-0.05, 0) is 246 Å². The van der Waals surface area contributed by atoms with Gasteiger partial charge in [0.15, 0.2) is 15.4 Å². The molecule has 16 nitrogen and oxygen atoms in total. The number of piperidine rings is 6. The van der Waals surface area contributed by atoms with Crippen molar-refractivity contribution in [2.45, 2.75) is 181 Å². The third kappa shape index (κ3) is 19.6. The molecule has 3 aromatic heterocycles. The first-order valence-electron chi connectivity index (χ1n) is 31.7. The Hall–Kier alpha value is -4.21. The molecule has 0 bridgehead atoms. The van der Waals surface area contributed by atoms with Crippen molar-refractivity contribution in [2.75, 3.05) is 83.4 Å². The maximum atomic E-state index is 12.1. The lowest BCUT2D eigenvalue weighted by Gasteiger charge is -2.42. The van der Waals surface area contributed by atoms with Gasteiger partial charge in [0.25, 0.3) is 0 Å². The fourth-order valence-corrected chi connectivity index (χ4v) is 15.0. The van der Waals surface area contributed by atoms with E-state index in [1.54, 1.807) is 46.6 Å². The van der Waals surface area contributed by atoms with Crippen LogP contribution in [0.3, 0.4) is 0 Å². The number of ether oxygens (including phenoxy) is 2. The van der Waals surface area contributed by atoms with Crippen LogP contribution in [0.25, 0.3) is 11.3 Å². The second kappa shape index (κ2) is 30.8. The van der Waals surface area contributed by atoms with Crippen LogP contribution in [0.15, 0.2) is 61.0 Å². The first-order chi connectivity index (χ1) is 39.9. The molecule has 0 radical (unpaired) electrons.